The monoisotopic (exact) mass is 345 g/mol. The van der Waals surface area contributed by atoms with Gasteiger partial charge in [-0.25, -0.2) is 0 Å². The van der Waals surface area contributed by atoms with Gasteiger partial charge in [-0.2, -0.15) is 0 Å². The van der Waals surface area contributed by atoms with Crippen molar-refractivity contribution in [3.05, 3.63) is 29.3 Å². The first-order valence-corrected chi connectivity index (χ1v) is 9.66. The molecule has 0 radical (unpaired) electrons. The van der Waals surface area contributed by atoms with E-state index in [9.17, 15) is 9.90 Å². The Balaban J connectivity index is 1.62. The highest BCUT2D eigenvalue weighted by atomic mass is 16.5. The SMILES string of the molecule is CC(C)[C@@H]1CC[C@@H](C)C[C@@]1(O)C(=O)NCCc1cccc2c1OCC2. The summed E-state index contributed by atoms with van der Waals surface area (Å²) >= 11 is 0. The Labute approximate surface area is 151 Å². The van der Waals surface area contributed by atoms with Gasteiger partial charge in [0.1, 0.15) is 11.4 Å². The Morgan fingerprint density at radius 2 is 2.20 bits per heavy atom. The van der Waals surface area contributed by atoms with E-state index in [1.807, 2.05) is 0 Å². The van der Waals surface area contributed by atoms with E-state index in [0.717, 1.165) is 43.6 Å². The van der Waals surface area contributed by atoms with Crippen LogP contribution in [0.3, 0.4) is 0 Å². The highest BCUT2D eigenvalue weighted by Gasteiger charge is 2.48. The van der Waals surface area contributed by atoms with Crippen molar-refractivity contribution < 1.29 is 14.6 Å². The number of benzene rings is 1. The predicted molar refractivity (Wildman–Crippen MR) is 98.6 cm³/mol. The lowest BCUT2D eigenvalue weighted by Crippen LogP contribution is -2.56. The van der Waals surface area contributed by atoms with Crippen LogP contribution in [0.15, 0.2) is 18.2 Å². The lowest BCUT2D eigenvalue weighted by atomic mass is 9.66. The second-order valence-corrected chi connectivity index (χ2v) is 8.17. The molecule has 1 fully saturated rings. The smallest absolute Gasteiger partial charge is 0.252 e. The van der Waals surface area contributed by atoms with Gasteiger partial charge in [0.2, 0.25) is 0 Å². The number of aliphatic hydroxyl groups is 1. The van der Waals surface area contributed by atoms with Crippen molar-refractivity contribution >= 4 is 5.91 Å². The largest absolute Gasteiger partial charge is 0.493 e. The van der Waals surface area contributed by atoms with E-state index in [2.05, 4.69) is 44.3 Å². The van der Waals surface area contributed by atoms with E-state index < -0.39 is 5.60 Å². The lowest BCUT2D eigenvalue weighted by molar-refractivity contribution is -0.155. The first kappa shape index (κ1) is 18.2. The van der Waals surface area contributed by atoms with Crippen molar-refractivity contribution in [1.29, 1.82) is 0 Å². The quantitative estimate of drug-likeness (QED) is 0.862. The van der Waals surface area contributed by atoms with Crippen molar-refractivity contribution in [2.45, 2.75) is 58.5 Å². The molecule has 138 valence electrons. The first-order chi connectivity index (χ1) is 11.9. The van der Waals surface area contributed by atoms with E-state index in [0.29, 0.717) is 24.8 Å². The van der Waals surface area contributed by atoms with Gasteiger partial charge >= 0.3 is 0 Å². The maximum absolute atomic E-state index is 12.8. The fraction of sp³-hybridized carbons (Fsp3) is 0.667. The number of amides is 1. The molecule has 1 aliphatic carbocycles. The zero-order valence-corrected chi connectivity index (χ0v) is 15.7. The zero-order valence-electron chi connectivity index (χ0n) is 15.7. The number of para-hydroxylation sites is 1. The highest BCUT2D eigenvalue weighted by molar-refractivity contribution is 5.85. The van der Waals surface area contributed by atoms with Crippen molar-refractivity contribution in [2.24, 2.45) is 17.8 Å². The minimum atomic E-state index is -1.24. The Bertz CT molecular complexity index is 628. The second-order valence-electron chi connectivity index (χ2n) is 8.17. The summed E-state index contributed by atoms with van der Waals surface area (Å²) in [5.41, 5.74) is 1.16. The number of hydrogen-bond acceptors (Lipinski definition) is 3. The van der Waals surface area contributed by atoms with E-state index >= 15 is 0 Å². The van der Waals surface area contributed by atoms with Crippen LogP contribution in [0.4, 0.5) is 0 Å². The van der Waals surface area contributed by atoms with Crippen LogP contribution >= 0.6 is 0 Å². The van der Waals surface area contributed by atoms with Crippen molar-refractivity contribution in [1.82, 2.24) is 5.32 Å². The molecule has 2 aliphatic rings. The number of carbonyl (C=O) groups is 1. The number of hydrogen-bond donors (Lipinski definition) is 2. The van der Waals surface area contributed by atoms with Gasteiger partial charge in [0.15, 0.2) is 0 Å². The summed E-state index contributed by atoms with van der Waals surface area (Å²) in [5, 5.41) is 14.1. The predicted octanol–water partition coefficient (Wildman–Crippen LogP) is 3.10. The molecule has 4 nitrogen and oxygen atoms in total. The van der Waals surface area contributed by atoms with Gasteiger partial charge in [0, 0.05) is 13.0 Å². The van der Waals surface area contributed by atoms with Gasteiger partial charge in [-0.1, -0.05) is 45.4 Å². The van der Waals surface area contributed by atoms with Crippen LogP contribution in [-0.4, -0.2) is 29.8 Å². The summed E-state index contributed by atoms with van der Waals surface area (Å²) in [7, 11) is 0. The maximum Gasteiger partial charge on any atom is 0.252 e. The average Bonchev–Trinajstić information content (AvgIpc) is 3.03. The standard InChI is InChI=1S/C21H31NO3/c1-14(2)18-8-7-15(3)13-21(18,24)20(23)22-11-9-16-5-4-6-17-10-12-25-19(16)17/h4-6,14-15,18,24H,7-13H2,1-3H3,(H,22,23)/t15-,18+,21+/m1/s1. The van der Waals surface area contributed by atoms with Crippen molar-refractivity contribution in [3.8, 4) is 5.75 Å². The second kappa shape index (κ2) is 7.36. The van der Waals surface area contributed by atoms with Gasteiger partial charge in [0.05, 0.1) is 6.61 Å². The third-order valence-corrected chi connectivity index (χ3v) is 5.92. The van der Waals surface area contributed by atoms with Crippen LogP contribution < -0.4 is 10.1 Å². The Kier molecular flexibility index (Phi) is 5.38. The first-order valence-electron chi connectivity index (χ1n) is 9.66. The van der Waals surface area contributed by atoms with Crippen LogP contribution in [0.1, 0.15) is 51.2 Å². The summed E-state index contributed by atoms with van der Waals surface area (Å²) in [6.07, 6.45) is 4.26. The number of rotatable bonds is 5. The minimum Gasteiger partial charge on any atom is -0.493 e. The van der Waals surface area contributed by atoms with E-state index in [4.69, 9.17) is 4.74 Å². The molecule has 0 spiro atoms. The fourth-order valence-corrected chi connectivity index (χ4v) is 4.58. The molecule has 1 heterocycles. The molecule has 2 N–H and O–H groups in total. The molecule has 0 aromatic heterocycles. The average molecular weight is 345 g/mol. The van der Waals surface area contributed by atoms with Gasteiger partial charge in [-0.3, -0.25) is 4.79 Å². The molecular formula is C21H31NO3. The van der Waals surface area contributed by atoms with Crippen LogP contribution in [0, 0.1) is 17.8 Å². The van der Waals surface area contributed by atoms with Gasteiger partial charge in [-0.15, -0.1) is 0 Å². The summed E-state index contributed by atoms with van der Waals surface area (Å²) in [6.45, 7) is 7.60. The summed E-state index contributed by atoms with van der Waals surface area (Å²) in [6, 6.07) is 6.21. The van der Waals surface area contributed by atoms with Crippen molar-refractivity contribution in [3.63, 3.8) is 0 Å². The molecule has 25 heavy (non-hydrogen) atoms. The molecule has 3 atom stereocenters. The Morgan fingerprint density at radius 1 is 1.40 bits per heavy atom. The molecule has 1 aromatic carbocycles. The van der Waals surface area contributed by atoms with Crippen LogP contribution in [0.2, 0.25) is 0 Å². The normalized spacial score (nSPS) is 28.5. The zero-order chi connectivity index (χ0) is 18.0. The third-order valence-electron chi connectivity index (χ3n) is 5.92. The Morgan fingerprint density at radius 3 is 2.96 bits per heavy atom. The molecule has 0 unspecified atom stereocenters. The van der Waals surface area contributed by atoms with Crippen LogP contribution in [-0.2, 0) is 17.6 Å². The summed E-state index contributed by atoms with van der Waals surface area (Å²) in [5.74, 6) is 1.51. The van der Waals surface area contributed by atoms with Gasteiger partial charge < -0.3 is 15.2 Å². The fourth-order valence-electron chi connectivity index (χ4n) is 4.58. The molecule has 3 rings (SSSR count). The Hall–Kier alpha value is -1.55. The summed E-state index contributed by atoms with van der Waals surface area (Å²) < 4.78 is 5.72. The highest BCUT2D eigenvalue weighted by Crippen LogP contribution is 2.41. The minimum absolute atomic E-state index is 0.0352. The van der Waals surface area contributed by atoms with Crippen LogP contribution in [0.25, 0.3) is 0 Å². The summed E-state index contributed by atoms with van der Waals surface area (Å²) in [4.78, 5) is 12.8. The molecule has 0 saturated heterocycles. The molecule has 1 amide bonds. The third kappa shape index (κ3) is 3.69. The van der Waals surface area contributed by atoms with E-state index in [1.165, 1.54) is 5.56 Å². The molecule has 1 saturated carbocycles. The van der Waals surface area contributed by atoms with Crippen LogP contribution in [0.5, 0.6) is 5.75 Å². The lowest BCUT2D eigenvalue weighted by Gasteiger charge is -2.43. The number of ether oxygens (including phenoxy) is 1. The van der Waals surface area contributed by atoms with Gasteiger partial charge in [-0.05, 0) is 48.1 Å². The number of fused-ring (bicyclic) bond motifs is 1. The molecule has 0 bridgehead atoms. The molecule has 1 aromatic rings. The molecule has 1 aliphatic heterocycles. The molecular weight excluding hydrogens is 314 g/mol. The number of carbonyl (C=O) groups excluding carboxylic acids is 1. The van der Waals surface area contributed by atoms with E-state index in [1.54, 1.807) is 0 Å². The van der Waals surface area contributed by atoms with Crippen molar-refractivity contribution in [2.75, 3.05) is 13.2 Å². The maximum atomic E-state index is 12.8. The number of nitrogens with one attached hydrogen (secondary N) is 1. The van der Waals surface area contributed by atoms with E-state index in [-0.39, 0.29) is 11.8 Å². The molecule has 4 heteroatoms. The topological polar surface area (TPSA) is 58.6 Å². The van der Waals surface area contributed by atoms with Gasteiger partial charge in [0.25, 0.3) is 5.91 Å².